The van der Waals surface area contributed by atoms with Gasteiger partial charge in [-0.05, 0) is 49.2 Å². The summed E-state index contributed by atoms with van der Waals surface area (Å²) in [6, 6.07) is 14.9. The summed E-state index contributed by atoms with van der Waals surface area (Å²) in [4.78, 5) is 30.5. The third kappa shape index (κ3) is 4.60. The van der Waals surface area contributed by atoms with Crippen LogP contribution >= 0.6 is 0 Å². The summed E-state index contributed by atoms with van der Waals surface area (Å²) in [6.07, 6.45) is 0.604. The molecule has 4 rings (SSSR count). The molecule has 33 heavy (non-hydrogen) atoms. The molecule has 0 radical (unpaired) electrons. The number of anilines is 2. The quantitative estimate of drug-likeness (QED) is 0.667. The Kier molecular flexibility index (Phi) is 6.45. The Hall–Kier alpha value is -2.91. The molecule has 2 aliphatic heterocycles. The number of piperazine rings is 1. The molecule has 1 saturated heterocycles. The number of carbonyl (C=O) groups is 2. The Balaban J connectivity index is 1.40. The van der Waals surface area contributed by atoms with Crippen LogP contribution in [-0.4, -0.2) is 75.3 Å². The summed E-state index contributed by atoms with van der Waals surface area (Å²) >= 11 is 0. The number of carbonyl (C=O) groups excluding carboxylic acids is 2. The van der Waals surface area contributed by atoms with Crippen molar-refractivity contribution in [1.29, 1.82) is 0 Å². The van der Waals surface area contributed by atoms with E-state index in [9.17, 15) is 18.0 Å². The average molecular weight is 471 g/mol. The molecule has 0 saturated carbocycles. The van der Waals surface area contributed by atoms with Crippen LogP contribution in [-0.2, 0) is 26.0 Å². The predicted molar refractivity (Wildman–Crippen MR) is 128 cm³/mol. The topological polar surface area (TPSA) is 81.2 Å². The van der Waals surface area contributed by atoms with E-state index in [4.69, 9.17) is 0 Å². The van der Waals surface area contributed by atoms with Gasteiger partial charge < -0.3 is 14.7 Å². The summed E-state index contributed by atoms with van der Waals surface area (Å²) in [7, 11) is -2.40. The van der Waals surface area contributed by atoms with E-state index in [2.05, 4.69) is 4.90 Å². The smallest absolute Gasteiger partial charge is 0.243 e. The fourth-order valence-electron chi connectivity index (χ4n) is 4.66. The van der Waals surface area contributed by atoms with Gasteiger partial charge in [0.15, 0.2) is 0 Å². The van der Waals surface area contributed by atoms with Crippen LogP contribution < -0.4 is 9.80 Å². The highest BCUT2D eigenvalue weighted by molar-refractivity contribution is 7.89. The number of nitrogens with zero attached hydrogens (tertiary/aromatic N) is 4. The molecule has 9 heteroatoms. The van der Waals surface area contributed by atoms with E-state index in [0.717, 1.165) is 21.2 Å². The van der Waals surface area contributed by atoms with Crippen molar-refractivity contribution in [3.8, 4) is 0 Å². The molecule has 8 nitrogen and oxygen atoms in total. The molecule has 2 aromatic carbocycles. The molecule has 2 amide bonds. The van der Waals surface area contributed by atoms with Gasteiger partial charge in [0.1, 0.15) is 0 Å². The van der Waals surface area contributed by atoms with Gasteiger partial charge in [0.25, 0.3) is 0 Å². The summed E-state index contributed by atoms with van der Waals surface area (Å²) < 4.78 is 27.4. The van der Waals surface area contributed by atoms with Crippen molar-refractivity contribution in [2.24, 2.45) is 0 Å². The third-order valence-electron chi connectivity index (χ3n) is 6.43. The zero-order valence-corrected chi connectivity index (χ0v) is 20.1. The van der Waals surface area contributed by atoms with Gasteiger partial charge in [-0.25, -0.2) is 8.42 Å². The first-order valence-corrected chi connectivity index (χ1v) is 12.6. The SMILES string of the molecule is CC(=O)N1c2ccc(S(=O)(=O)N(C)CC(=O)N3CCN(c4ccccc4)CC3)cc2C[C@H]1C. The largest absolute Gasteiger partial charge is 0.368 e. The number of hydrogen-bond donors (Lipinski definition) is 0. The molecule has 1 atom stereocenters. The van der Waals surface area contributed by atoms with Crippen LogP contribution in [0.25, 0.3) is 0 Å². The zero-order chi connectivity index (χ0) is 23.8. The van der Waals surface area contributed by atoms with E-state index >= 15 is 0 Å². The Labute approximate surface area is 195 Å². The maximum atomic E-state index is 13.2. The Morgan fingerprint density at radius 1 is 1.03 bits per heavy atom. The molecule has 0 unspecified atom stereocenters. The van der Waals surface area contributed by atoms with Gasteiger partial charge >= 0.3 is 0 Å². The van der Waals surface area contributed by atoms with Gasteiger partial charge in [-0.1, -0.05) is 18.2 Å². The monoisotopic (exact) mass is 470 g/mol. The van der Waals surface area contributed by atoms with Crippen molar-refractivity contribution in [3.63, 3.8) is 0 Å². The van der Waals surface area contributed by atoms with Crippen LogP contribution in [0.3, 0.4) is 0 Å². The molecule has 0 spiro atoms. The fourth-order valence-corrected chi connectivity index (χ4v) is 5.83. The molecular formula is C24H30N4O4S. The van der Waals surface area contributed by atoms with Gasteiger partial charge in [0.05, 0.1) is 11.4 Å². The number of benzene rings is 2. The van der Waals surface area contributed by atoms with Crippen LogP contribution in [0, 0.1) is 0 Å². The zero-order valence-electron chi connectivity index (χ0n) is 19.3. The lowest BCUT2D eigenvalue weighted by Crippen LogP contribution is -2.51. The number of likely N-dealkylation sites (N-methyl/N-ethyl adjacent to an activating group) is 1. The van der Waals surface area contributed by atoms with E-state index in [1.165, 1.54) is 20.0 Å². The van der Waals surface area contributed by atoms with Crippen LogP contribution in [0.1, 0.15) is 19.4 Å². The highest BCUT2D eigenvalue weighted by atomic mass is 32.2. The van der Waals surface area contributed by atoms with Crippen molar-refractivity contribution in [1.82, 2.24) is 9.21 Å². The number of para-hydroxylation sites is 1. The van der Waals surface area contributed by atoms with Crippen molar-refractivity contribution < 1.29 is 18.0 Å². The maximum Gasteiger partial charge on any atom is 0.243 e. The number of fused-ring (bicyclic) bond motifs is 1. The first-order chi connectivity index (χ1) is 15.7. The standard InChI is InChI=1S/C24H30N4O4S/c1-18-15-20-16-22(9-10-23(20)28(18)19(2)29)33(31,32)25(3)17-24(30)27-13-11-26(12-14-27)21-7-5-4-6-8-21/h4-10,16,18H,11-15,17H2,1-3H3/t18-/m1/s1. The number of rotatable bonds is 5. The summed E-state index contributed by atoms with van der Waals surface area (Å²) in [5, 5.41) is 0. The average Bonchev–Trinajstić information content (AvgIpc) is 3.14. The normalized spacial score (nSPS) is 18.5. The molecule has 1 fully saturated rings. The maximum absolute atomic E-state index is 13.2. The van der Waals surface area contributed by atoms with E-state index in [1.54, 1.807) is 21.9 Å². The van der Waals surface area contributed by atoms with Gasteiger partial charge in [-0.15, -0.1) is 0 Å². The Bertz CT molecular complexity index is 1140. The minimum Gasteiger partial charge on any atom is -0.368 e. The van der Waals surface area contributed by atoms with Crippen molar-refractivity contribution in [3.05, 3.63) is 54.1 Å². The molecular weight excluding hydrogens is 440 g/mol. The first-order valence-electron chi connectivity index (χ1n) is 11.2. The lowest BCUT2D eigenvalue weighted by atomic mass is 10.1. The second-order valence-electron chi connectivity index (χ2n) is 8.70. The predicted octanol–water partition coefficient (Wildman–Crippen LogP) is 1.95. The third-order valence-corrected chi connectivity index (χ3v) is 8.23. The van der Waals surface area contributed by atoms with Crippen molar-refractivity contribution in [2.45, 2.75) is 31.2 Å². The fraction of sp³-hybridized carbons (Fsp3) is 0.417. The molecule has 0 aliphatic carbocycles. The molecule has 0 bridgehead atoms. The van der Waals surface area contributed by atoms with Crippen LogP contribution in [0.2, 0.25) is 0 Å². The minimum atomic E-state index is -3.83. The minimum absolute atomic E-state index is 0.00989. The van der Waals surface area contributed by atoms with Crippen molar-refractivity contribution in [2.75, 3.05) is 49.6 Å². The number of hydrogen-bond acceptors (Lipinski definition) is 5. The van der Waals surface area contributed by atoms with E-state index in [-0.39, 0.29) is 29.3 Å². The number of sulfonamides is 1. The molecule has 2 aliphatic rings. The Morgan fingerprint density at radius 3 is 2.33 bits per heavy atom. The second-order valence-corrected chi connectivity index (χ2v) is 10.7. The van der Waals surface area contributed by atoms with E-state index in [1.807, 2.05) is 37.3 Å². The highest BCUT2D eigenvalue weighted by Gasteiger charge is 2.32. The lowest BCUT2D eigenvalue weighted by Gasteiger charge is -2.36. The van der Waals surface area contributed by atoms with E-state index < -0.39 is 10.0 Å². The van der Waals surface area contributed by atoms with Crippen LogP contribution in [0.5, 0.6) is 0 Å². The van der Waals surface area contributed by atoms with Crippen LogP contribution in [0.4, 0.5) is 11.4 Å². The highest BCUT2D eigenvalue weighted by Crippen LogP contribution is 2.34. The van der Waals surface area contributed by atoms with Crippen LogP contribution in [0.15, 0.2) is 53.4 Å². The molecule has 2 aromatic rings. The second kappa shape index (κ2) is 9.15. The molecule has 2 heterocycles. The lowest BCUT2D eigenvalue weighted by molar-refractivity contribution is -0.131. The van der Waals surface area contributed by atoms with Crippen molar-refractivity contribution >= 4 is 33.2 Å². The molecule has 0 N–H and O–H groups in total. The summed E-state index contributed by atoms with van der Waals surface area (Å²) in [5.74, 6) is -0.266. The molecule has 0 aromatic heterocycles. The first kappa shape index (κ1) is 23.3. The van der Waals surface area contributed by atoms with Gasteiger partial charge in [-0.2, -0.15) is 4.31 Å². The van der Waals surface area contributed by atoms with Gasteiger partial charge in [0, 0.05) is 57.6 Å². The molecule has 176 valence electrons. The summed E-state index contributed by atoms with van der Waals surface area (Å²) in [6.45, 7) is 5.77. The Morgan fingerprint density at radius 2 is 1.70 bits per heavy atom. The van der Waals surface area contributed by atoms with E-state index in [0.29, 0.717) is 32.6 Å². The van der Waals surface area contributed by atoms with Gasteiger partial charge in [-0.3, -0.25) is 9.59 Å². The van der Waals surface area contributed by atoms with Gasteiger partial charge in [0.2, 0.25) is 21.8 Å². The number of amides is 2. The summed E-state index contributed by atoms with van der Waals surface area (Å²) in [5.41, 5.74) is 2.71.